The largest absolute Gasteiger partial charge is 2.00 e. The first-order chi connectivity index (χ1) is 3.42. The molecule has 0 saturated carbocycles. The van der Waals surface area contributed by atoms with E-state index in [4.69, 9.17) is 5.73 Å². The van der Waals surface area contributed by atoms with Crippen LogP contribution >= 0.6 is 7.82 Å². The Balaban J connectivity index is 0. The molecule has 0 aromatic heterocycles. The minimum Gasteiger partial charge on any atom is -0.790 e. The number of phosphoric acid groups is 1. The van der Waals surface area contributed by atoms with Gasteiger partial charge in [-0.05, 0) is 6.92 Å². The molecule has 0 spiro atoms. The zero-order valence-electron chi connectivity index (χ0n) is 4.61. The second-order valence-corrected chi connectivity index (χ2v) is 2.36. The Morgan fingerprint density at radius 2 is 2.00 bits per heavy atom. The summed E-state index contributed by atoms with van der Waals surface area (Å²) in [4.78, 5) is 19.2. The molecular weight excluding hydrogens is 188 g/mol. The minimum atomic E-state index is -4.85. The van der Waals surface area contributed by atoms with E-state index < -0.39 is 14.1 Å². The van der Waals surface area contributed by atoms with Crippen LogP contribution in [0.5, 0.6) is 0 Å². The van der Waals surface area contributed by atoms with Gasteiger partial charge in [0, 0.05) is 0 Å². The topological polar surface area (TPSA) is 98.4 Å². The molecule has 0 saturated heterocycles. The summed E-state index contributed by atoms with van der Waals surface area (Å²) in [7, 11) is -4.85. The van der Waals surface area contributed by atoms with Crippen molar-refractivity contribution in [2.45, 2.75) is 13.2 Å². The van der Waals surface area contributed by atoms with Gasteiger partial charge in [0.2, 0.25) is 0 Å². The van der Waals surface area contributed by atoms with Crippen LogP contribution in [0, 0.1) is 0 Å². The molecule has 55 valence electrons. The standard InChI is InChI=1S/C2H8NO4P.Mn/c1-2(3)7-8(4,5)6;/h2H,3H2,1H3,(H2,4,5,6);/q;+2/p-2. The summed E-state index contributed by atoms with van der Waals surface area (Å²) >= 11 is 0. The van der Waals surface area contributed by atoms with Gasteiger partial charge in [0.15, 0.2) is 0 Å². The van der Waals surface area contributed by atoms with E-state index in [1.54, 1.807) is 0 Å². The van der Waals surface area contributed by atoms with Gasteiger partial charge in [0.25, 0.3) is 0 Å². The van der Waals surface area contributed by atoms with Crippen molar-refractivity contribution in [3.05, 3.63) is 0 Å². The molecule has 1 atom stereocenters. The van der Waals surface area contributed by atoms with E-state index >= 15 is 0 Å². The van der Waals surface area contributed by atoms with Crippen LogP contribution in [0.2, 0.25) is 0 Å². The summed E-state index contributed by atoms with van der Waals surface area (Å²) in [5.74, 6) is 0. The van der Waals surface area contributed by atoms with Crippen LogP contribution in [-0.4, -0.2) is 6.23 Å². The Morgan fingerprint density at radius 3 is 2.00 bits per heavy atom. The zero-order chi connectivity index (χ0) is 6.78. The van der Waals surface area contributed by atoms with Gasteiger partial charge in [-0.15, -0.1) is 0 Å². The molecule has 0 aliphatic heterocycles. The average molecular weight is 194 g/mol. The number of nitrogens with two attached hydrogens (primary N) is 1. The van der Waals surface area contributed by atoms with Crippen LogP contribution in [0.25, 0.3) is 0 Å². The second kappa shape index (κ2) is 4.41. The molecule has 1 unspecified atom stereocenters. The van der Waals surface area contributed by atoms with Gasteiger partial charge in [0.05, 0.1) is 7.82 Å². The fourth-order valence-electron chi connectivity index (χ4n) is 0.204. The molecule has 0 bridgehead atoms. The summed E-state index contributed by atoms with van der Waals surface area (Å²) in [6.45, 7) is 1.25. The van der Waals surface area contributed by atoms with Gasteiger partial charge in [-0.2, -0.15) is 0 Å². The van der Waals surface area contributed by atoms with Crippen LogP contribution in [0.15, 0.2) is 0 Å². The molecule has 9 heavy (non-hydrogen) atoms. The fraction of sp³-hybridized carbons (Fsp3) is 1.00. The van der Waals surface area contributed by atoms with Crippen molar-refractivity contribution in [2.24, 2.45) is 5.73 Å². The van der Waals surface area contributed by atoms with Crippen molar-refractivity contribution in [1.29, 1.82) is 0 Å². The van der Waals surface area contributed by atoms with E-state index in [-0.39, 0.29) is 17.1 Å². The SMILES string of the molecule is CC(N)OP(=O)([O-])[O-].[Mn+2]. The van der Waals surface area contributed by atoms with Crippen molar-refractivity contribution in [3.8, 4) is 0 Å². The minimum absolute atomic E-state index is 0. The molecule has 0 aromatic carbocycles. The third-order valence-corrected chi connectivity index (χ3v) is 0.886. The van der Waals surface area contributed by atoms with E-state index in [1.807, 2.05) is 0 Å². The summed E-state index contributed by atoms with van der Waals surface area (Å²) in [5, 5.41) is 0. The van der Waals surface area contributed by atoms with Gasteiger partial charge in [-0.25, -0.2) is 0 Å². The molecule has 0 heterocycles. The molecule has 1 radical (unpaired) electrons. The van der Waals surface area contributed by atoms with Crippen molar-refractivity contribution >= 4 is 7.82 Å². The van der Waals surface area contributed by atoms with Crippen molar-refractivity contribution < 1.29 is 35.9 Å². The third-order valence-electron chi connectivity index (χ3n) is 0.295. The van der Waals surface area contributed by atoms with E-state index in [0.29, 0.717) is 0 Å². The average Bonchev–Trinajstić information content (AvgIpc) is 1.21. The molecular formula is C2H6MnNO4P. The van der Waals surface area contributed by atoms with Gasteiger partial charge in [0.1, 0.15) is 6.23 Å². The molecule has 7 heteroatoms. The van der Waals surface area contributed by atoms with Crippen LogP contribution in [0.3, 0.4) is 0 Å². The van der Waals surface area contributed by atoms with Gasteiger partial charge >= 0.3 is 17.1 Å². The third kappa shape index (κ3) is 11.9. The number of phosphoric ester groups is 1. The zero-order valence-corrected chi connectivity index (χ0v) is 6.69. The summed E-state index contributed by atoms with van der Waals surface area (Å²) in [5.41, 5.74) is 4.78. The molecule has 0 rings (SSSR count). The predicted octanol–water partition coefficient (Wildman–Crippen LogP) is -1.87. The van der Waals surface area contributed by atoms with Crippen LogP contribution < -0.4 is 15.5 Å². The Bertz CT molecular complexity index is 111. The Morgan fingerprint density at radius 1 is 1.67 bits per heavy atom. The Labute approximate surface area is 63.3 Å². The molecule has 2 N–H and O–H groups in total. The maximum absolute atomic E-state index is 9.61. The molecule has 0 amide bonds. The normalized spacial score (nSPS) is 14.2. The first-order valence-corrected chi connectivity index (χ1v) is 3.34. The summed E-state index contributed by atoms with van der Waals surface area (Å²) < 4.78 is 13.3. The van der Waals surface area contributed by atoms with Crippen LogP contribution in [0.4, 0.5) is 0 Å². The fourth-order valence-corrected chi connectivity index (χ4v) is 0.611. The van der Waals surface area contributed by atoms with E-state index in [2.05, 4.69) is 4.52 Å². The molecule has 0 fully saturated rings. The van der Waals surface area contributed by atoms with Gasteiger partial charge < -0.3 is 24.6 Å². The van der Waals surface area contributed by atoms with E-state index in [9.17, 15) is 14.4 Å². The van der Waals surface area contributed by atoms with Crippen LogP contribution in [0.1, 0.15) is 6.92 Å². The summed E-state index contributed by atoms with van der Waals surface area (Å²) in [6.07, 6.45) is -1.05. The molecule has 0 aliphatic rings. The maximum Gasteiger partial charge on any atom is 2.00 e. The number of rotatable bonds is 2. The number of hydrogen-bond acceptors (Lipinski definition) is 5. The quantitative estimate of drug-likeness (QED) is 0.315. The van der Waals surface area contributed by atoms with Crippen molar-refractivity contribution in [3.63, 3.8) is 0 Å². The van der Waals surface area contributed by atoms with Gasteiger partial charge in [-0.3, -0.25) is 0 Å². The predicted molar refractivity (Wildman–Crippen MR) is 22.3 cm³/mol. The maximum atomic E-state index is 9.61. The Kier molecular flexibility index (Phi) is 6.02. The monoisotopic (exact) mass is 194 g/mol. The van der Waals surface area contributed by atoms with Crippen molar-refractivity contribution in [1.82, 2.24) is 0 Å². The second-order valence-electron chi connectivity index (χ2n) is 1.26. The number of hydrogen-bond donors (Lipinski definition) is 1. The van der Waals surface area contributed by atoms with Crippen molar-refractivity contribution in [2.75, 3.05) is 0 Å². The van der Waals surface area contributed by atoms with Gasteiger partial charge in [-0.1, -0.05) is 0 Å². The summed E-state index contributed by atoms with van der Waals surface area (Å²) in [6, 6.07) is 0. The van der Waals surface area contributed by atoms with E-state index in [0.717, 1.165) is 0 Å². The Hall–Kier alpha value is 0.589. The molecule has 5 nitrogen and oxygen atoms in total. The first-order valence-electron chi connectivity index (χ1n) is 1.88. The molecule has 0 aromatic rings. The first kappa shape index (κ1) is 12.3. The molecule has 0 aliphatic carbocycles. The van der Waals surface area contributed by atoms with Crippen LogP contribution in [-0.2, 0) is 26.2 Å². The smallest absolute Gasteiger partial charge is 0.790 e. The van der Waals surface area contributed by atoms with E-state index in [1.165, 1.54) is 6.92 Å².